The van der Waals surface area contributed by atoms with Crippen LogP contribution in [0.4, 0.5) is 5.69 Å². The van der Waals surface area contributed by atoms with Crippen LogP contribution in [-0.4, -0.2) is 28.0 Å². The van der Waals surface area contributed by atoms with Crippen molar-refractivity contribution in [3.05, 3.63) is 120 Å². The molecule has 39 heavy (non-hydrogen) atoms. The van der Waals surface area contributed by atoms with Crippen molar-refractivity contribution in [2.75, 3.05) is 4.90 Å². The number of Topliss-reactive ketones (excluding diaryl/α,β-unsaturated/α-hetero) is 1. The van der Waals surface area contributed by atoms with Gasteiger partial charge >= 0.3 is 0 Å². The maximum atomic E-state index is 13.4. The van der Waals surface area contributed by atoms with Crippen LogP contribution in [0.25, 0.3) is 5.76 Å². The molecule has 1 saturated heterocycles. The van der Waals surface area contributed by atoms with Gasteiger partial charge in [0.2, 0.25) is 0 Å². The molecule has 4 aromatic carbocycles. The summed E-state index contributed by atoms with van der Waals surface area (Å²) in [7, 11) is 0. The van der Waals surface area contributed by atoms with Gasteiger partial charge in [0.1, 0.15) is 28.8 Å². The molecule has 1 aliphatic heterocycles. The van der Waals surface area contributed by atoms with E-state index >= 15 is 0 Å². The second-order valence-corrected chi connectivity index (χ2v) is 9.36. The number of anilines is 1. The fraction of sp³-hybridized carbons (Fsp3) is 0.125. The van der Waals surface area contributed by atoms with Crippen LogP contribution in [0.5, 0.6) is 23.0 Å². The van der Waals surface area contributed by atoms with E-state index in [9.17, 15) is 19.8 Å². The Morgan fingerprint density at radius 1 is 0.795 bits per heavy atom. The van der Waals surface area contributed by atoms with Gasteiger partial charge in [-0.1, -0.05) is 42.5 Å². The lowest BCUT2D eigenvalue weighted by atomic mass is 9.95. The number of benzene rings is 4. The summed E-state index contributed by atoms with van der Waals surface area (Å²) in [5.41, 5.74) is 1.29. The van der Waals surface area contributed by atoms with Crippen molar-refractivity contribution in [1.82, 2.24) is 0 Å². The van der Waals surface area contributed by atoms with Crippen molar-refractivity contribution in [3.63, 3.8) is 0 Å². The zero-order valence-electron chi connectivity index (χ0n) is 21.4. The highest BCUT2D eigenvalue weighted by Crippen LogP contribution is 2.43. The van der Waals surface area contributed by atoms with E-state index < -0.39 is 17.7 Å². The van der Waals surface area contributed by atoms with Crippen LogP contribution in [0.3, 0.4) is 0 Å². The number of rotatable bonds is 7. The topological polar surface area (TPSA) is 96.3 Å². The predicted octanol–water partition coefficient (Wildman–Crippen LogP) is 6.60. The van der Waals surface area contributed by atoms with Gasteiger partial charge in [-0.2, -0.15) is 0 Å². The van der Waals surface area contributed by atoms with Crippen LogP contribution >= 0.6 is 0 Å². The van der Waals surface area contributed by atoms with Gasteiger partial charge < -0.3 is 19.7 Å². The molecule has 0 aliphatic carbocycles. The molecular formula is C32H27NO6. The lowest BCUT2D eigenvalue weighted by Crippen LogP contribution is -2.29. The minimum absolute atomic E-state index is 0.0386. The molecule has 5 rings (SSSR count). The van der Waals surface area contributed by atoms with Crippen molar-refractivity contribution in [2.45, 2.75) is 26.0 Å². The van der Waals surface area contributed by atoms with Crippen LogP contribution in [0.2, 0.25) is 0 Å². The third-order valence-electron chi connectivity index (χ3n) is 6.23. The average molecular weight is 522 g/mol. The molecule has 7 nitrogen and oxygen atoms in total. The number of hydrogen-bond donors (Lipinski definition) is 2. The Kier molecular flexibility index (Phi) is 7.06. The SMILES string of the molecule is CC(C)Oc1cccc(/C(O)=C2/C(=O)C(=O)N(c3ccc(Oc4ccccc4)cc3)C2c2ccc(O)cc2)c1. The van der Waals surface area contributed by atoms with Crippen molar-refractivity contribution >= 4 is 23.1 Å². The van der Waals surface area contributed by atoms with E-state index in [0.29, 0.717) is 34.1 Å². The molecule has 0 aromatic heterocycles. The number of aliphatic hydroxyl groups is 1. The first-order chi connectivity index (χ1) is 18.8. The van der Waals surface area contributed by atoms with Gasteiger partial charge in [-0.05, 0) is 80.1 Å². The Labute approximate surface area is 226 Å². The summed E-state index contributed by atoms with van der Waals surface area (Å²) in [6.45, 7) is 3.78. The molecule has 1 unspecified atom stereocenters. The molecule has 2 N–H and O–H groups in total. The molecule has 1 amide bonds. The average Bonchev–Trinajstić information content (AvgIpc) is 3.19. The van der Waals surface area contributed by atoms with Crippen molar-refractivity contribution < 1.29 is 29.3 Å². The number of carbonyl (C=O) groups is 2. The third-order valence-corrected chi connectivity index (χ3v) is 6.23. The number of para-hydroxylation sites is 1. The number of phenolic OH excluding ortho intramolecular Hbond substituents is 1. The highest BCUT2D eigenvalue weighted by Gasteiger charge is 2.47. The number of phenols is 1. The largest absolute Gasteiger partial charge is 0.508 e. The van der Waals surface area contributed by atoms with E-state index in [1.54, 1.807) is 60.7 Å². The van der Waals surface area contributed by atoms with Gasteiger partial charge in [-0.25, -0.2) is 0 Å². The summed E-state index contributed by atoms with van der Waals surface area (Å²) in [6.07, 6.45) is -0.0844. The summed E-state index contributed by atoms with van der Waals surface area (Å²) in [6, 6.07) is 28.1. The minimum atomic E-state index is -0.929. The first-order valence-electron chi connectivity index (χ1n) is 12.5. The van der Waals surface area contributed by atoms with Crippen LogP contribution < -0.4 is 14.4 Å². The van der Waals surface area contributed by atoms with E-state index in [1.807, 2.05) is 44.2 Å². The van der Waals surface area contributed by atoms with Gasteiger partial charge in [0.05, 0.1) is 17.7 Å². The Balaban J connectivity index is 1.57. The van der Waals surface area contributed by atoms with Gasteiger partial charge in [0.15, 0.2) is 0 Å². The zero-order valence-corrected chi connectivity index (χ0v) is 21.4. The lowest BCUT2D eigenvalue weighted by molar-refractivity contribution is -0.132. The summed E-state index contributed by atoms with van der Waals surface area (Å²) in [5, 5.41) is 21.2. The van der Waals surface area contributed by atoms with E-state index in [-0.39, 0.29) is 23.2 Å². The molecule has 1 fully saturated rings. The molecule has 4 aromatic rings. The number of ketones is 1. The highest BCUT2D eigenvalue weighted by atomic mass is 16.5. The molecule has 0 spiro atoms. The molecule has 7 heteroatoms. The maximum absolute atomic E-state index is 13.4. The molecule has 1 heterocycles. The minimum Gasteiger partial charge on any atom is -0.508 e. The van der Waals surface area contributed by atoms with E-state index in [4.69, 9.17) is 9.47 Å². The Morgan fingerprint density at radius 3 is 2.10 bits per heavy atom. The van der Waals surface area contributed by atoms with E-state index in [2.05, 4.69) is 0 Å². The molecular weight excluding hydrogens is 494 g/mol. The lowest BCUT2D eigenvalue weighted by Gasteiger charge is -2.25. The molecule has 1 aliphatic rings. The smallest absolute Gasteiger partial charge is 0.300 e. The quantitative estimate of drug-likeness (QED) is 0.162. The van der Waals surface area contributed by atoms with Crippen LogP contribution in [-0.2, 0) is 9.59 Å². The van der Waals surface area contributed by atoms with Gasteiger partial charge in [-0.15, -0.1) is 0 Å². The molecule has 196 valence electrons. The summed E-state index contributed by atoms with van der Waals surface area (Å²) in [4.78, 5) is 28.2. The zero-order chi connectivity index (χ0) is 27.5. The number of ether oxygens (including phenoxy) is 2. The Bertz CT molecular complexity index is 1530. The van der Waals surface area contributed by atoms with Crippen molar-refractivity contribution in [3.8, 4) is 23.0 Å². The first-order valence-corrected chi connectivity index (χ1v) is 12.5. The molecule has 1 atom stereocenters. The predicted molar refractivity (Wildman–Crippen MR) is 148 cm³/mol. The summed E-state index contributed by atoms with van der Waals surface area (Å²) >= 11 is 0. The van der Waals surface area contributed by atoms with E-state index in [0.717, 1.165) is 0 Å². The summed E-state index contributed by atoms with van der Waals surface area (Å²) in [5.74, 6) is -0.114. The second kappa shape index (κ2) is 10.8. The van der Waals surface area contributed by atoms with Gasteiger partial charge in [0, 0.05) is 11.3 Å². The van der Waals surface area contributed by atoms with Gasteiger partial charge in [-0.3, -0.25) is 14.5 Å². The normalized spacial score (nSPS) is 16.5. The number of nitrogens with zero attached hydrogens (tertiary/aromatic N) is 1. The number of hydrogen-bond acceptors (Lipinski definition) is 6. The second-order valence-electron chi connectivity index (χ2n) is 9.36. The van der Waals surface area contributed by atoms with Crippen LogP contribution in [0.1, 0.15) is 31.0 Å². The van der Waals surface area contributed by atoms with Gasteiger partial charge in [0.25, 0.3) is 11.7 Å². The highest BCUT2D eigenvalue weighted by molar-refractivity contribution is 6.51. The Hall–Kier alpha value is -5.04. The van der Waals surface area contributed by atoms with E-state index in [1.165, 1.54) is 17.0 Å². The molecule has 0 bridgehead atoms. The van der Waals surface area contributed by atoms with Crippen LogP contribution in [0, 0.1) is 0 Å². The fourth-order valence-corrected chi connectivity index (χ4v) is 4.51. The number of amides is 1. The van der Waals surface area contributed by atoms with Crippen molar-refractivity contribution in [2.24, 2.45) is 0 Å². The molecule has 0 saturated carbocycles. The number of aromatic hydroxyl groups is 1. The summed E-state index contributed by atoms with van der Waals surface area (Å²) < 4.78 is 11.6. The standard InChI is InChI=1S/C32H27NO6/c1-20(2)38-27-10-6-7-22(19-27)30(35)28-29(21-11-15-24(34)16-12-21)33(32(37)31(28)36)23-13-17-26(18-14-23)39-25-8-4-3-5-9-25/h3-20,29,34-35H,1-2H3/b30-28-. The molecule has 0 radical (unpaired) electrons. The maximum Gasteiger partial charge on any atom is 0.300 e. The fourth-order valence-electron chi connectivity index (χ4n) is 4.51. The number of carbonyl (C=O) groups excluding carboxylic acids is 2. The monoisotopic (exact) mass is 521 g/mol. The van der Waals surface area contributed by atoms with Crippen LogP contribution in [0.15, 0.2) is 109 Å². The van der Waals surface area contributed by atoms with Crippen molar-refractivity contribution in [1.29, 1.82) is 0 Å². The third kappa shape index (κ3) is 5.33. The number of aliphatic hydroxyl groups excluding tert-OH is 1. The Morgan fingerprint density at radius 2 is 1.44 bits per heavy atom. The first kappa shape index (κ1) is 25.6.